The Morgan fingerprint density at radius 3 is 2.80 bits per heavy atom. The number of carbonyl (C=O) groups excluding carboxylic acids is 1. The molecule has 1 aliphatic rings. The first-order valence-electron chi connectivity index (χ1n) is 8.08. The smallest absolute Gasteiger partial charge is 0.265 e. The average molecular weight is 374 g/mol. The number of amides is 1. The molecule has 1 aliphatic heterocycles. The van der Waals surface area contributed by atoms with Crippen LogP contribution >= 0.6 is 22.7 Å². The lowest BCUT2D eigenvalue weighted by atomic mass is 10.0. The highest BCUT2D eigenvalue weighted by atomic mass is 32.1. The van der Waals surface area contributed by atoms with Gasteiger partial charge in [0, 0.05) is 24.0 Å². The van der Waals surface area contributed by atoms with Crippen LogP contribution < -0.4 is 5.73 Å². The van der Waals surface area contributed by atoms with Gasteiger partial charge in [-0.05, 0) is 31.2 Å². The predicted molar refractivity (Wildman–Crippen MR) is 98.8 cm³/mol. The van der Waals surface area contributed by atoms with E-state index < -0.39 is 0 Å². The quantitative estimate of drug-likeness (QED) is 0.761. The van der Waals surface area contributed by atoms with Gasteiger partial charge in [0.1, 0.15) is 10.6 Å². The number of thiazole rings is 1. The van der Waals surface area contributed by atoms with E-state index in [1.165, 1.54) is 11.3 Å². The van der Waals surface area contributed by atoms with Crippen LogP contribution in [0.4, 0.5) is 5.13 Å². The molecular formula is C16H18N6OS2. The number of anilines is 1. The Kier molecular flexibility index (Phi) is 4.26. The first-order chi connectivity index (χ1) is 12.1. The van der Waals surface area contributed by atoms with Gasteiger partial charge in [-0.25, -0.2) is 9.67 Å². The molecule has 0 radical (unpaired) electrons. The Balaban J connectivity index is 1.41. The molecule has 1 amide bonds. The van der Waals surface area contributed by atoms with E-state index >= 15 is 0 Å². The zero-order valence-corrected chi connectivity index (χ0v) is 15.4. The van der Waals surface area contributed by atoms with Crippen LogP contribution in [0.5, 0.6) is 0 Å². The molecular weight excluding hydrogens is 356 g/mol. The van der Waals surface area contributed by atoms with E-state index in [9.17, 15) is 4.79 Å². The third kappa shape index (κ3) is 3.16. The van der Waals surface area contributed by atoms with E-state index in [-0.39, 0.29) is 11.9 Å². The fourth-order valence-electron chi connectivity index (χ4n) is 3.09. The first kappa shape index (κ1) is 16.2. The Labute approximate surface area is 153 Å². The van der Waals surface area contributed by atoms with Crippen molar-refractivity contribution in [3.8, 4) is 11.3 Å². The monoisotopic (exact) mass is 374 g/mol. The predicted octanol–water partition coefficient (Wildman–Crippen LogP) is 2.83. The number of carbonyl (C=O) groups is 1. The third-order valence-electron chi connectivity index (χ3n) is 4.46. The lowest BCUT2D eigenvalue weighted by molar-refractivity contribution is 0.0693. The highest BCUT2D eigenvalue weighted by Crippen LogP contribution is 2.27. The van der Waals surface area contributed by atoms with Crippen LogP contribution in [0.1, 0.15) is 34.2 Å². The molecule has 0 unspecified atom stereocenters. The summed E-state index contributed by atoms with van der Waals surface area (Å²) in [6, 6.07) is 2.32. The van der Waals surface area contributed by atoms with Gasteiger partial charge in [0.2, 0.25) is 0 Å². The molecule has 2 N–H and O–H groups in total. The van der Waals surface area contributed by atoms with Crippen molar-refractivity contribution in [3.63, 3.8) is 0 Å². The summed E-state index contributed by atoms with van der Waals surface area (Å²) < 4.78 is 1.94. The number of rotatable bonds is 3. The van der Waals surface area contributed by atoms with Gasteiger partial charge < -0.3 is 10.6 Å². The van der Waals surface area contributed by atoms with Crippen LogP contribution in [0.25, 0.3) is 11.3 Å². The molecule has 0 aliphatic carbocycles. The first-order valence-corrected chi connectivity index (χ1v) is 9.84. The number of aromatic nitrogens is 4. The fraction of sp³-hybridized carbons (Fsp3) is 0.375. The topological polar surface area (TPSA) is 89.9 Å². The largest absolute Gasteiger partial charge is 0.375 e. The molecule has 0 spiro atoms. The summed E-state index contributed by atoms with van der Waals surface area (Å²) in [6.07, 6.45) is 3.73. The van der Waals surface area contributed by atoms with E-state index in [4.69, 9.17) is 5.73 Å². The van der Waals surface area contributed by atoms with Gasteiger partial charge in [0.15, 0.2) is 5.13 Å². The number of aryl methyl sites for hydroxylation is 1. The minimum Gasteiger partial charge on any atom is -0.375 e. The highest BCUT2D eigenvalue weighted by Gasteiger charge is 2.27. The molecule has 130 valence electrons. The van der Waals surface area contributed by atoms with Crippen LogP contribution in [-0.2, 0) is 0 Å². The summed E-state index contributed by atoms with van der Waals surface area (Å²) >= 11 is 2.91. The normalized spacial score (nSPS) is 15.6. The van der Waals surface area contributed by atoms with Gasteiger partial charge >= 0.3 is 0 Å². The van der Waals surface area contributed by atoms with Crippen LogP contribution in [-0.4, -0.2) is 43.9 Å². The summed E-state index contributed by atoms with van der Waals surface area (Å²) in [4.78, 5) is 19.3. The second-order valence-electron chi connectivity index (χ2n) is 6.09. The molecule has 7 nitrogen and oxygen atoms in total. The van der Waals surface area contributed by atoms with Gasteiger partial charge in [-0.2, -0.15) is 11.3 Å². The van der Waals surface area contributed by atoms with Crippen LogP contribution in [0.15, 0.2) is 23.0 Å². The summed E-state index contributed by atoms with van der Waals surface area (Å²) in [6.45, 7) is 3.23. The summed E-state index contributed by atoms with van der Waals surface area (Å²) in [5.41, 5.74) is 8.42. The molecule has 25 heavy (non-hydrogen) atoms. The Morgan fingerprint density at radius 1 is 1.36 bits per heavy atom. The molecule has 3 aromatic rings. The van der Waals surface area contributed by atoms with Crippen molar-refractivity contribution in [2.24, 2.45) is 0 Å². The van der Waals surface area contributed by atoms with Crippen LogP contribution in [0, 0.1) is 6.92 Å². The van der Waals surface area contributed by atoms with Gasteiger partial charge in [-0.1, -0.05) is 16.6 Å². The van der Waals surface area contributed by atoms with E-state index in [0.29, 0.717) is 28.8 Å². The second-order valence-corrected chi connectivity index (χ2v) is 7.90. The van der Waals surface area contributed by atoms with Crippen LogP contribution in [0.2, 0.25) is 0 Å². The van der Waals surface area contributed by atoms with Gasteiger partial charge in [-0.15, -0.1) is 5.10 Å². The lowest BCUT2D eigenvalue weighted by Gasteiger charge is -2.31. The minimum atomic E-state index is 0.0303. The van der Waals surface area contributed by atoms with Gasteiger partial charge in [-0.3, -0.25) is 4.79 Å². The van der Waals surface area contributed by atoms with E-state index in [1.54, 1.807) is 11.3 Å². The SMILES string of the molecule is Cc1nc(N)sc1C(=O)N1CCC(n2cc(-c3ccsc3)nn2)CC1. The average Bonchev–Trinajstić information content (AvgIpc) is 3.34. The number of nitrogens with two attached hydrogens (primary N) is 1. The van der Waals surface area contributed by atoms with Crippen LogP contribution in [0.3, 0.4) is 0 Å². The van der Waals surface area contributed by atoms with Crippen molar-refractivity contribution in [1.29, 1.82) is 0 Å². The summed E-state index contributed by atoms with van der Waals surface area (Å²) in [5, 5.41) is 13.1. The molecule has 0 bridgehead atoms. The maximum absolute atomic E-state index is 12.6. The molecule has 1 fully saturated rings. The van der Waals surface area contributed by atoms with Crippen molar-refractivity contribution >= 4 is 33.7 Å². The second kappa shape index (κ2) is 6.57. The van der Waals surface area contributed by atoms with Crippen molar-refractivity contribution in [2.75, 3.05) is 18.8 Å². The molecule has 0 saturated carbocycles. The Bertz CT molecular complexity index is 876. The third-order valence-corrected chi connectivity index (χ3v) is 6.12. The van der Waals surface area contributed by atoms with Crippen molar-refractivity contribution in [1.82, 2.24) is 24.9 Å². The number of piperidine rings is 1. The number of nitrogen functional groups attached to an aromatic ring is 1. The Hall–Kier alpha value is -2.26. The standard InChI is InChI=1S/C16H18N6OS2/c1-10-14(25-16(17)18-10)15(23)21-5-2-12(3-6-21)22-8-13(19-20-22)11-4-7-24-9-11/h4,7-9,12H,2-3,5-6H2,1H3,(H2,17,18). The Morgan fingerprint density at radius 2 is 2.16 bits per heavy atom. The van der Waals surface area contributed by atoms with Gasteiger partial charge in [0.25, 0.3) is 5.91 Å². The van der Waals surface area contributed by atoms with E-state index in [1.807, 2.05) is 34.1 Å². The molecule has 3 aromatic heterocycles. The van der Waals surface area contributed by atoms with E-state index in [0.717, 1.165) is 24.1 Å². The molecule has 4 heterocycles. The highest BCUT2D eigenvalue weighted by molar-refractivity contribution is 7.17. The molecule has 0 atom stereocenters. The number of likely N-dealkylation sites (tertiary alicyclic amines) is 1. The van der Waals surface area contributed by atoms with Crippen molar-refractivity contribution < 1.29 is 4.79 Å². The summed E-state index contributed by atoms with van der Waals surface area (Å²) in [7, 11) is 0. The molecule has 0 aromatic carbocycles. The van der Waals surface area contributed by atoms with Crippen molar-refractivity contribution in [3.05, 3.63) is 33.6 Å². The number of hydrogen-bond acceptors (Lipinski definition) is 7. The van der Waals surface area contributed by atoms with Crippen molar-refractivity contribution in [2.45, 2.75) is 25.8 Å². The van der Waals surface area contributed by atoms with Gasteiger partial charge in [0.05, 0.1) is 17.9 Å². The molecule has 9 heteroatoms. The van der Waals surface area contributed by atoms with E-state index in [2.05, 4.69) is 20.7 Å². The summed E-state index contributed by atoms with van der Waals surface area (Å²) in [5.74, 6) is 0.0303. The maximum atomic E-state index is 12.6. The lowest BCUT2D eigenvalue weighted by Crippen LogP contribution is -2.39. The number of thiophene rings is 1. The maximum Gasteiger partial charge on any atom is 0.265 e. The zero-order chi connectivity index (χ0) is 17.4. The fourth-order valence-corrected chi connectivity index (χ4v) is 4.54. The number of hydrogen-bond donors (Lipinski definition) is 1. The molecule has 4 rings (SSSR count). The number of nitrogens with zero attached hydrogens (tertiary/aromatic N) is 5. The molecule has 1 saturated heterocycles. The minimum absolute atomic E-state index is 0.0303. The zero-order valence-electron chi connectivity index (χ0n) is 13.8.